The van der Waals surface area contributed by atoms with Crippen molar-refractivity contribution in [2.75, 3.05) is 12.9 Å². The Balaban J connectivity index is 2.96. The van der Waals surface area contributed by atoms with Gasteiger partial charge in [-0.15, -0.1) is 11.6 Å². The highest BCUT2D eigenvalue weighted by Crippen LogP contribution is 2.44. The molecule has 0 aromatic rings. The highest BCUT2D eigenvalue weighted by molar-refractivity contribution is 6.27. The van der Waals surface area contributed by atoms with Crippen molar-refractivity contribution >= 4 is 17.5 Å². The largest absolute Gasteiger partial charge is 0.319 e. The maximum atomic E-state index is 11.6. The predicted molar refractivity (Wildman–Crippen MR) is 68.4 cm³/mol. The fourth-order valence-corrected chi connectivity index (χ4v) is 2.98. The summed E-state index contributed by atoms with van der Waals surface area (Å²) in [5, 5.41) is 0. The second kappa shape index (κ2) is 4.40. The number of rotatable bonds is 2. The molecule has 1 aliphatic carbocycles. The molecule has 0 aliphatic heterocycles. The Kier molecular flexibility index (Phi) is 3.73. The molecule has 0 unspecified atom stereocenters. The molecule has 1 amide bonds. The SMILES string of the molecule is CN(C(=O)CCl)C1=CC(C)(C)CC(C)(C)C1. The minimum absolute atomic E-state index is 0.0265. The summed E-state index contributed by atoms with van der Waals surface area (Å²) in [4.78, 5) is 13.3. The summed E-state index contributed by atoms with van der Waals surface area (Å²) in [5.41, 5.74) is 1.50. The zero-order valence-corrected chi connectivity index (χ0v) is 11.7. The second-order valence-electron chi connectivity index (χ2n) is 6.23. The molecule has 0 radical (unpaired) electrons. The molecule has 92 valence electrons. The van der Waals surface area contributed by atoms with Crippen LogP contribution in [0.25, 0.3) is 0 Å². The average Bonchev–Trinajstić information content (AvgIpc) is 2.10. The maximum absolute atomic E-state index is 11.6. The normalized spacial score (nSPS) is 22.5. The zero-order valence-electron chi connectivity index (χ0n) is 10.9. The lowest BCUT2D eigenvalue weighted by Gasteiger charge is -2.41. The predicted octanol–water partition coefficient (Wildman–Crippen LogP) is 3.41. The number of nitrogens with zero attached hydrogens (tertiary/aromatic N) is 1. The summed E-state index contributed by atoms with van der Waals surface area (Å²) in [5.74, 6) is 0.0238. The van der Waals surface area contributed by atoms with Crippen molar-refractivity contribution < 1.29 is 4.79 Å². The summed E-state index contributed by atoms with van der Waals surface area (Å²) in [6, 6.07) is 0. The van der Waals surface area contributed by atoms with Crippen LogP contribution in [0, 0.1) is 10.8 Å². The van der Waals surface area contributed by atoms with Gasteiger partial charge in [0.05, 0.1) is 0 Å². The van der Waals surface area contributed by atoms with Crippen molar-refractivity contribution in [3.8, 4) is 0 Å². The molecule has 0 bridgehead atoms. The highest BCUT2D eigenvalue weighted by Gasteiger charge is 2.35. The summed E-state index contributed by atoms with van der Waals surface area (Å²) >= 11 is 5.59. The first kappa shape index (κ1) is 13.6. The van der Waals surface area contributed by atoms with Crippen molar-refractivity contribution in [1.29, 1.82) is 0 Å². The van der Waals surface area contributed by atoms with Crippen LogP contribution in [0.2, 0.25) is 0 Å². The first-order chi connectivity index (χ1) is 7.17. The van der Waals surface area contributed by atoms with E-state index in [1.165, 1.54) is 0 Å². The van der Waals surface area contributed by atoms with E-state index in [-0.39, 0.29) is 22.6 Å². The van der Waals surface area contributed by atoms with Crippen LogP contribution in [0.1, 0.15) is 40.5 Å². The number of amides is 1. The molecule has 0 aromatic carbocycles. The molecule has 0 saturated heterocycles. The summed E-state index contributed by atoms with van der Waals surface area (Å²) in [6.45, 7) is 8.93. The smallest absolute Gasteiger partial charge is 0.241 e. The molecule has 0 N–H and O–H groups in total. The molecular formula is C13H22ClNO. The van der Waals surface area contributed by atoms with E-state index in [1.54, 1.807) is 4.90 Å². The molecular weight excluding hydrogens is 222 g/mol. The monoisotopic (exact) mass is 243 g/mol. The van der Waals surface area contributed by atoms with Crippen molar-refractivity contribution in [1.82, 2.24) is 4.90 Å². The molecule has 2 nitrogen and oxygen atoms in total. The lowest BCUT2D eigenvalue weighted by Crippen LogP contribution is -2.35. The van der Waals surface area contributed by atoms with E-state index >= 15 is 0 Å². The van der Waals surface area contributed by atoms with E-state index in [2.05, 4.69) is 33.8 Å². The van der Waals surface area contributed by atoms with E-state index in [4.69, 9.17) is 11.6 Å². The standard InChI is InChI=1S/C13H22ClNO/c1-12(2)6-10(7-13(3,4)9-12)15(5)11(16)8-14/h6H,7-9H2,1-5H3. The number of hydrogen-bond acceptors (Lipinski definition) is 1. The Labute approximate surface area is 104 Å². The molecule has 1 rings (SSSR count). The van der Waals surface area contributed by atoms with E-state index in [0.717, 1.165) is 18.5 Å². The van der Waals surface area contributed by atoms with Crippen LogP contribution in [0.3, 0.4) is 0 Å². The van der Waals surface area contributed by atoms with Crippen LogP contribution in [0.5, 0.6) is 0 Å². The van der Waals surface area contributed by atoms with Crippen LogP contribution >= 0.6 is 11.6 Å². The molecule has 0 atom stereocenters. The van der Waals surface area contributed by atoms with Gasteiger partial charge in [-0.2, -0.15) is 0 Å². The van der Waals surface area contributed by atoms with Crippen molar-refractivity contribution in [2.45, 2.75) is 40.5 Å². The Bertz CT molecular complexity index is 318. The Morgan fingerprint density at radius 2 is 2.00 bits per heavy atom. The first-order valence-corrected chi connectivity index (χ1v) is 6.25. The Morgan fingerprint density at radius 1 is 1.44 bits per heavy atom. The third-order valence-corrected chi connectivity index (χ3v) is 3.30. The zero-order chi connectivity index (χ0) is 12.6. The Morgan fingerprint density at radius 3 is 2.44 bits per heavy atom. The molecule has 1 aliphatic rings. The molecule has 0 aromatic heterocycles. The molecule has 16 heavy (non-hydrogen) atoms. The van der Waals surface area contributed by atoms with Gasteiger partial charge in [-0.1, -0.05) is 33.8 Å². The highest BCUT2D eigenvalue weighted by atomic mass is 35.5. The van der Waals surface area contributed by atoms with E-state index < -0.39 is 0 Å². The van der Waals surface area contributed by atoms with Gasteiger partial charge in [0, 0.05) is 12.7 Å². The number of hydrogen-bond donors (Lipinski definition) is 0. The molecule has 3 heteroatoms. The third-order valence-electron chi connectivity index (χ3n) is 3.07. The number of alkyl halides is 1. The van der Waals surface area contributed by atoms with Crippen LogP contribution < -0.4 is 0 Å². The van der Waals surface area contributed by atoms with Gasteiger partial charge in [0.15, 0.2) is 0 Å². The summed E-state index contributed by atoms with van der Waals surface area (Å²) < 4.78 is 0. The van der Waals surface area contributed by atoms with E-state index in [1.807, 2.05) is 7.05 Å². The van der Waals surface area contributed by atoms with Crippen LogP contribution in [-0.2, 0) is 4.79 Å². The third kappa shape index (κ3) is 3.24. The fourth-order valence-electron chi connectivity index (χ4n) is 2.80. The fraction of sp³-hybridized carbons (Fsp3) is 0.769. The van der Waals surface area contributed by atoms with Gasteiger partial charge in [0.1, 0.15) is 5.88 Å². The number of carbonyl (C=O) groups excluding carboxylic acids is 1. The lowest BCUT2D eigenvalue weighted by molar-refractivity contribution is -0.125. The van der Waals surface area contributed by atoms with Gasteiger partial charge in [-0.25, -0.2) is 0 Å². The van der Waals surface area contributed by atoms with Gasteiger partial charge in [0.25, 0.3) is 0 Å². The number of carbonyl (C=O) groups is 1. The molecule has 0 saturated carbocycles. The van der Waals surface area contributed by atoms with Crippen LogP contribution in [-0.4, -0.2) is 23.7 Å². The van der Waals surface area contributed by atoms with Gasteiger partial charge >= 0.3 is 0 Å². The molecule has 0 fully saturated rings. The number of halogens is 1. The summed E-state index contributed by atoms with van der Waals surface area (Å²) in [7, 11) is 1.81. The van der Waals surface area contributed by atoms with Crippen molar-refractivity contribution in [3.05, 3.63) is 11.8 Å². The first-order valence-electron chi connectivity index (χ1n) is 5.71. The van der Waals surface area contributed by atoms with E-state index in [9.17, 15) is 4.79 Å². The minimum atomic E-state index is -0.0265. The molecule has 0 heterocycles. The molecule has 0 spiro atoms. The Hall–Kier alpha value is -0.500. The van der Waals surface area contributed by atoms with Crippen LogP contribution in [0.15, 0.2) is 11.8 Å². The number of allylic oxidation sites excluding steroid dienone is 2. The average molecular weight is 244 g/mol. The summed E-state index contributed by atoms with van der Waals surface area (Å²) in [6.07, 6.45) is 4.30. The van der Waals surface area contributed by atoms with Gasteiger partial charge in [-0.05, 0) is 23.7 Å². The quantitative estimate of drug-likeness (QED) is 0.681. The topological polar surface area (TPSA) is 20.3 Å². The van der Waals surface area contributed by atoms with Gasteiger partial charge in [0.2, 0.25) is 5.91 Å². The van der Waals surface area contributed by atoms with E-state index in [0.29, 0.717) is 0 Å². The van der Waals surface area contributed by atoms with Crippen LogP contribution in [0.4, 0.5) is 0 Å². The minimum Gasteiger partial charge on any atom is -0.319 e. The van der Waals surface area contributed by atoms with Gasteiger partial charge in [-0.3, -0.25) is 4.79 Å². The lowest BCUT2D eigenvalue weighted by atomic mass is 9.68. The van der Waals surface area contributed by atoms with Crippen molar-refractivity contribution in [3.63, 3.8) is 0 Å². The van der Waals surface area contributed by atoms with Crippen molar-refractivity contribution in [2.24, 2.45) is 10.8 Å². The second-order valence-corrected chi connectivity index (χ2v) is 6.50. The maximum Gasteiger partial charge on any atom is 0.241 e. The van der Waals surface area contributed by atoms with Gasteiger partial charge < -0.3 is 4.90 Å².